The summed E-state index contributed by atoms with van der Waals surface area (Å²) in [6.45, 7) is 3.98. The highest BCUT2D eigenvalue weighted by molar-refractivity contribution is 5.25. The summed E-state index contributed by atoms with van der Waals surface area (Å²) in [5, 5.41) is 3.10. The van der Waals surface area contributed by atoms with Crippen molar-refractivity contribution in [1.29, 1.82) is 0 Å². The SMILES string of the molecule is CCNCCCOc1c(F)cccc1F. The molecule has 0 saturated heterocycles. The summed E-state index contributed by atoms with van der Waals surface area (Å²) in [7, 11) is 0. The molecule has 0 heterocycles. The van der Waals surface area contributed by atoms with E-state index in [2.05, 4.69) is 5.32 Å². The van der Waals surface area contributed by atoms with Gasteiger partial charge in [0.2, 0.25) is 0 Å². The fourth-order valence-electron chi connectivity index (χ4n) is 1.17. The molecule has 0 fully saturated rings. The second-order valence-corrected chi connectivity index (χ2v) is 3.11. The molecular weight excluding hydrogens is 200 g/mol. The minimum atomic E-state index is -0.654. The third-order valence-electron chi connectivity index (χ3n) is 1.91. The largest absolute Gasteiger partial charge is 0.488 e. The lowest BCUT2D eigenvalue weighted by Gasteiger charge is -2.07. The molecule has 84 valence electrons. The third kappa shape index (κ3) is 3.83. The molecular formula is C11H15F2NO. The van der Waals surface area contributed by atoms with E-state index in [9.17, 15) is 8.78 Å². The summed E-state index contributed by atoms with van der Waals surface area (Å²) in [5.74, 6) is -1.59. The topological polar surface area (TPSA) is 21.3 Å². The van der Waals surface area contributed by atoms with Crippen molar-refractivity contribution in [1.82, 2.24) is 5.32 Å². The van der Waals surface area contributed by atoms with Crippen LogP contribution in [0.25, 0.3) is 0 Å². The second-order valence-electron chi connectivity index (χ2n) is 3.11. The average Bonchev–Trinajstić information content (AvgIpc) is 2.21. The van der Waals surface area contributed by atoms with Crippen molar-refractivity contribution in [3.63, 3.8) is 0 Å². The number of ether oxygens (including phenoxy) is 1. The van der Waals surface area contributed by atoms with E-state index in [-0.39, 0.29) is 5.75 Å². The first-order valence-electron chi connectivity index (χ1n) is 5.03. The van der Waals surface area contributed by atoms with Gasteiger partial charge in [-0.3, -0.25) is 0 Å². The van der Waals surface area contributed by atoms with Gasteiger partial charge in [0.05, 0.1) is 6.61 Å². The number of para-hydroxylation sites is 1. The van der Waals surface area contributed by atoms with Gasteiger partial charge in [-0.15, -0.1) is 0 Å². The molecule has 0 aliphatic carbocycles. The maximum absolute atomic E-state index is 13.0. The van der Waals surface area contributed by atoms with Crippen LogP contribution in [0.2, 0.25) is 0 Å². The molecule has 1 N–H and O–H groups in total. The molecule has 1 aromatic rings. The predicted molar refractivity (Wildman–Crippen MR) is 55.0 cm³/mol. The van der Waals surface area contributed by atoms with Crippen molar-refractivity contribution in [2.24, 2.45) is 0 Å². The summed E-state index contributed by atoms with van der Waals surface area (Å²) in [6, 6.07) is 3.68. The molecule has 0 aromatic heterocycles. The van der Waals surface area contributed by atoms with Crippen LogP contribution in [0.5, 0.6) is 5.75 Å². The lowest BCUT2D eigenvalue weighted by Crippen LogP contribution is -2.16. The molecule has 0 saturated carbocycles. The first kappa shape index (κ1) is 11.9. The number of hydrogen-bond acceptors (Lipinski definition) is 2. The standard InChI is InChI=1S/C11H15F2NO/c1-2-14-7-4-8-15-11-9(12)5-3-6-10(11)13/h3,5-6,14H,2,4,7-8H2,1H3. The molecule has 15 heavy (non-hydrogen) atoms. The van der Waals surface area contributed by atoms with Crippen molar-refractivity contribution in [2.45, 2.75) is 13.3 Å². The fourth-order valence-corrected chi connectivity index (χ4v) is 1.17. The minimum Gasteiger partial charge on any atom is -0.488 e. The van der Waals surface area contributed by atoms with Crippen LogP contribution in [0.3, 0.4) is 0 Å². The van der Waals surface area contributed by atoms with Gasteiger partial charge in [-0.2, -0.15) is 0 Å². The number of halogens is 2. The number of hydrogen-bond donors (Lipinski definition) is 1. The number of nitrogens with one attached hydrogen (secondary N) is 1. The smallest absolute Gasteiger partial charge is 0.190 e. The normalized spacial score (nSPS) is 10.3. The fraction of sp³-hybridized carbons (Fsp3) is 0.455. The van der Waals surface area contributed by atoms with Gasteiger partial charge in [0.15, 0.2) is 17.4 Å². The molecule has 2 nitrogen and oxygen atoms in total. The van der Waals surface area contributed by atoms with Gasteiger partial charge in [-0.1, -0.05) is 13.0 Å². The van der Waals surface area contributed by atoms with E-state index in [1.165, 1.54) is 18.2 Å². The summed E-state index contributed by atoms with van der Waals surface area (Å²) >= 11 is 0. The lowest BCUT2D eigenvalue weighted by molar-refractivity contribution is 0.278. The Bertz CT molecular complexity index is 284. The Morgan fingerprint density at radius 1 is 1.27 bits per heavy atom. The van der Waals surface area contributed by atoms with Gasteiger partial charge in [0.1, 0.15) is 0 Å². The van der Waals surface area contributed by atoms with Gasteiger partial charge in [-0.25, -0.2) is 8.78 Å². The highest BCUT2D eigenvalue weighted by Crippen LogP contribution is 2.20. The van der Waals surface area contributed by atoms with Crippen molar-refractivity contribution < 1.29 is 13.5 Å². The Hall–Kier alpha value is -1.16. The van der Waals surface area contributed by atoms with Crippen LogP contribution < -0.4 is 10.1 Å². The highest BCUT2D eigenvalue weighted by Gasteiger charge is 2.08. The van der Waals surface area contributed by atoms with E-state index in [0.717, 1.165) is 19.5 Å². The summed E-state index contributed by atoms with van der Waals surface area (Å²) in [6.07, 6.45) is 0.724. The lowest BCUT2D eigenvalue weighted by atomic mass is 10.3. The van der Waals surface area contributed by atoms with Crippen LogP contribution in [0, 0.1) is 11.6 Å². The van der Waals surface area contributed by atoms with Crippen LogP contribution >= 0.6 is 0 Å². The summed E-state index contributed by atoms with van der Waals surface area (Å²) < 4.78 is 31.1. The van der Waals surface area contributed by atoms with Crippen molar-refractivity contribution in [3.8, 4) is 5.75 Å². The zero-order chi connectivity index (χ0) is 11.1. The Labute approximate surface area is 88.3 Å². The first-order valence-corrected chi connectivity index (χ1v) is 5.03. The minimum absolute atomic E-state index is 0.283. The molecule has 4 heteroatoms. The Morgan fingerprint density at radius 3 is 2.53 bits per heavy atom. The van der Waals surface area contributed by atoms with E-state index in [1.54, 1.807) is 0 Å². The average molecular weight is 215 g/mol. The van der Waals surface area contributed by atoms with Crippen LogP contribution in [0.4, 0.5) is 8.78 Å². The third-order valence-corrected chi connectivity index (χ3v) is 1.91. The van der Waals surface area contributed by atoms with Crippen molar-refractivity contribution >= 4 is 0 Å². The molecule has 0 spiro atoms. The maximum atomic E-state index is 13.0. The van der Waals surface area contributed by atoms with Crippen LogP contribution in [0.1, 0.15) is 13.3 Å². The maximum Gasteiger partial charge on any atom is 0.190 e. The zero-order valence-electron chi connectivity index (χ0n) is 8.72. The monoisotopic (exact) mass is 215 g/mol. The molecule has 0 amide bonds. The molecule has 0 aliphatic heterocycles. The van der Waals surface area contributed by atoms with Gasteiger partial charge in [0, 0.05) is 0 Å². The predicted octanol–water partition coefficient (Wildman–Crippen LogP) is 2.34. The van der Waals surface area contributed by atoms with Crippen LogP contribution in [-0.2, 0) is 0 Å². The second kappa shape index (κ2) is 6.35. The summed E-state index contributed by atoms with van der Waals surface area (Å²) in [5.41, 5.74) is 0. The molecule has 0 unspecified atom stereocenters. The summed E-state index contributed by atoms with van der Waals surface area (Å²) in [4.78, 5) is 0. The van der Waals surface area contributed by atoms with E-state index in [1.807, 2.05) is 6.92 Å². The van der Waals surface area contributed by atoms with Gasteiger partial charge >= 0.3 is 0 Å². The molecule has 1 rings (SSSR count). The van der Waals surface area contributed by atoms with Gasteiger partial charge < -0.3 is 10.1 Å². The quantitative estimate of drug-likeness (QED) is 0.735. The molecule has 0 aliphatic rings. The van der Waals surface area contributed by atoms with E-state index >= 15 is 0 Å². The number of benzene rings is 1. The van der Waals surface area contributed by atoms with E-state index in [4.69, 9.17) is 4.74 Å². The molecule has 0 atom stereocenters. The van der Waals surface area contributed by atoms with E-state index in [0.29, 0.717) is 6.61 Å². The Morgan fingerprint density at radius 2 is 1.93 bits per heavy atom. The zero-order valence-corrected chi connectivity index (χ0v) is 8.72. The molecule has 1 aromatic carbocycles. The molecule has 0 bridgehead atoms. The Kier molecular flexibility index (Phi) is 5.04. The highest BCUT2D eigenvalue weighted by atomic mass is 19.1. The molecule has 0 radical (unpaired) electrons. The van der Waals surface area contributed by atoms with Crippen LogP contribution in [-0.4, -0.2) is 19.7 Å². The van der Waals surface area contributed by atoms with E-state index < -0.39 is 11.6 Å². The van der Waals surface area contributed by atoms with Crippen LogP contribution in [0.15, 0.2) is 18.2 Å². The van der Waals surface area contributed by atoms with Gasteiger partial charge in [-0.05, 0) is 31.6 Å². The number of rotatable bonds is 6. The van der Waals surface area contributed by atoms with Crippen molar-refractivity contribution in [3.05, 3.63) is 29.8 Å². The Balaban J connectivity index is 2.37. The van der Waals surface area contributed by atoms with Gasteiger partial charge in [0.25, 0.3) is 0 Å². The van der Waals surface area contributed by atoms with Crippen molar-refractivity contribution in [2.75, 3.05) is 19.7 Å². The first-order chi connectivity index (χ1) is 7.25.